The lowest BCUT2D eigenvalue weighted by atomic mass is 9.77. The number of carbonyl (C=O) groups excluding carboxylic acids is 1. The van der Waals surface area contributed by atoms with Crippen LogP contribution in [-0.2, 0) is 11.8 Å². The third-order valence-electron chi connectivity index (χ3n) is 5.07. The van der Waals surface area contributed by atoms with Crippen LogP contribution in [0.2, 0.25) is 0 Å². The first-order valence-corrected chi connectivity index (χ1v) is 8.09. The monoisotopic (exact) mass is 327 g/mol. The van der Waals surface area contributed by atoms with Gasteiger partial charge in [0.1, 0.15) is 5.82 Å². The summed E-state index contributed by atoms with van der Waals surface area (Å²) in [6.07, 6.45) is 8.00. The minimum atomic E-state index is -0.501. The zero-order valence-electron chi connectivity index (χ0n) is 13.2. The van der Waals surface area contributed by atoms with Crippen molar-refractivity contribution < 1.29 is 9.18 Å². The minimum Gasteiger partial charge on any atom is -0.368 e. The van der Waals surface area contributed by atoms with Crippen molar-refractivity contribution in [3.63, 3.8) is 0 Å². The Morgan fingerprint density at radius 2 is 2.17 bits per heavy atom. The first kappa shape index (κ1) is 15.0. The van der Waals surface area contributed by atoms with Gasteiger partial charge in [0.25, 0.3) is 5.91 Å². The minimum absolute atomic E-state index is 0.166. The fourth-order valence-electron chi connectivity index (χ4n) is 3.97. The molecular formula is C17H18FN5O. The molecule has 24 heavy (non-hydrogen) atoms. The van der Waals surface area contributed by atoms with Crippen molar-refractivity contribution in [1.82, 2.24) is 19.9 Å². The van der Waals surface area contributed by atoms with E-state index >= 15 is 0 Å². The number of piperidine rings is 1. The number of hydrogen-bond acceptors (Lipinski definition) is 5. The van der Waals surface area contributed by atoms with Crippen molar-refractivity contribution in [1.29, 1.82) is 0 Å². The van der Waals surface area contributed by atoms with Crippen LogP contribution in [0.1, 0.15) is 40.9 Å². The number of anilines is 1. The van der Waals surface area contributed by atoms with E-state index in [1.807, 2.05) is 0 Å². The molecule has 0 bridgehead atoms. The average Bonchev–Trinajstić information content (AvgIpc) is 2.92. The molecule has 124 valence electrons. The second-order valence-electron chi connectivity index (χ2n) is 6.60. The van der Waals surface area contributed by atoms with Gasteiger partial charge in [-0.25, -0.2) is 14.4 Å². The Morgan fingerprint density at radius 3 is 3.00 bits per heavy atom. The molecule has 1 saturated heterocycles. The zero-order valence-corrected chi connectivity index (χ0v) is 13.2. The van der Waals surface area contributed by atoms with E-state index in [4.69, 9.17) is 5.73 Å². The van der Waals surface area contributed by atoms with Crippen LogP contribution in [0.5, 0.6) is 0 Å². The quantitative estimate of drug-likeness (QED) is 0.862. The molecule has 4 rings (SSSR count). The van der Waals surface area contributed by atoms with Gasteiger partial charge in [0.05, 0.1) is 17.5 Å². The Hall–Kier alpha value is -2.57. The van der Waals surface area contributed by atoms with Gasteiger partial charge in [-0.15, -0.1) is 0 Å². The second kappa shape index (κ2) is 5.51. The van der Waals surface area contributed by atoms with Gasteiger partial charge >= 0.3 is 0 Å². The van der Waals surface area contributed by atoms with Gasteiger partial charge < -0.3 is 10.6 Å². The van der Waals surface area contributed by atoms with Crippen molar-refractivity contribution in [3.8, 4) is 0 Å². The molecule has 1 spiro atoms. The summed E-state index contributed by atoms with van der Waals surface area (Å²) in [4.78, 5) is 26.8. The number of fused-ring (bicyclic) bond motifs is 2. The number of pyridine rings is 1. The topological polar surface area (TPSA) is 85.0 Å². The summed E-state index contributed by atoms with van der Waals surface area (Å²) in [6, 6.07) is 1.24. The van der Waals surface area contributed by atoms with Crippen LogP contribution in [0.25, 0.3) is 0 Å². The molecule has 6 nitrogen and oxygen atoms in total. The lowest BCUT2D eigenvalue weighted by Gasteiger charge is -2.40. The first-order valence-electron chi connectivity index (χ1n) is 8.09. The summed E-state index contributed by atoms with van der Waals surface area (Å²) in [7, 11) is 0. The van der Waals surface area contributed by atoms with Crippen LogP contribution in [0.3, 0.4) is 0 Å². The van der Waals surface area contributed by atoms with Gasteiger partial charge in [0.2, 0.25) is 5.95 Å². The van der Waals surface area contributed by atoms with E-state index in [1.165, 1.54) is 12.3 Å². The van der Waals surface area contributed by atoms with E-state index in [0.29, 0.717) is 13.1 Å². The number of carbonyl (C=O) groups is 1. The third kappa shape index (κ3) is 2.40. The van der Waals surface area contributed by atoms with E-state index in [2.05, 4.69) is 15.0 Å². The Labute approximate surface area is 138 Å². The van der Waals surface area contributed by atoms with E-state index in [0.717, 1.165) is 43.1 Å². The molecule has 0 aromatic carbocycles. The molecule has 1 unspecified atom stereocenters. The summed E-state index contributed by atoms with van der Waals surface area (Å²) >= 11 is 0. The highest BCUT2D eigenvalue weighted by Crippen LogP contribution is 2.44. The Balaban J connectivity index is 1.64. The first-order chi connectivity index (χ1) is 11.6. The molecule has 0 saturated carbocycles. The summed E-state index contributed by atoms with van der Waals surface area (Å²) in [6.45, 7) is 1.23. The average molecular weight is 327 g/mol. The zero-order chi connectivity index (χ0) is 16.7. The highest BCUT2D eigenvalue weighted by molar-refractivity contribution is 5.94. The summed E-state index contributed by atoms with van der Waals surface area (Å²) in [5.41, 5.74) is 7.98. The van der Waals surface area contributed by atoms with Crippen molar-refractivity contribution >= 4 is 11.9 Å². The van der Waals surface area contributed by atoms with Gasteiger partial charge in [-0.3, -0.25) is 9.78 Å². The number of amides is 1. The van der Waals surface area contributed by atoms with Gasteiger partial charge in [0, 0.05) is 30.9 Å². The smallest absolute Gasteiger partial charge is 0.255 e. The van der Waals surface area contributed by atoms with Gasteiger partial charge in [-0.05, 0) is 37.3 Å². The van der Waals surface area contributed by atoms with Crippen LogP contribution < -0.4 is 5.73 Å². The number of hydrogen-bond donors (Lipinski definition) is 1. The molecule has 3 heterocycles. The Kier molecular flexibility index (Phi) is 3.44. The molecule has 1 aliphatic heterocycles. The SMILES string of the molecule is Nc1ncc2c(n1)C1(CCCN(C(=O)c3cncc(F)c3)C1)CC2. The number of nitrogens with zero attached hydrogens (tertiary/aromatic N) is 4. The largest absolute Gasteiger partial charge is 0.368 e. The fourth-order valence-corrected chi connectivity index (χ4v) is 3.97. The van der Waals surface area contributed by atoms with Crippen LogP contribution in [0.4, 0.5) is 10.3 Å². The van der Waals surface area contributed by atoms with Gasteiger partial charge in [-0.2, -0.15) is 0 Å². The van der Waals surface area contributed by atoms with Crippen molar-refractivity contribution in [2.24, 2.45) is 0 Å². The molecule has 2 aliphatic rings. The van der Waals surface area contributed by atoms with Crippen LogP contribution in [0, 0.1) is 5.82 Å². The normalized spacial score (nSPS) is 22.6. The third-order valence-corrected chi connectivity index (χ3v) is 5.07. The van der Waals surface area contributed by atoms with E-state index in [-0.39, 0.29) is 22.8 Å². The number of halogens is 1. The van der Waals surface area contributed by atoms with E-state index < -0.39 is 5.82 Å². The summed E-state index contributed by atoms with van der Waals surface area (Å²) in [5, 5.41) is 0. The lowest BCUT2D eigenvalue weighted by Crippen LogP contribution is -2.48. The molecule has 1 fully saturated rings. The van der Waals surface area contributed by atoms with Crippen molar-refractivity contribution in [3.05, 3.63) is 47.3 Å². The highest BCUT2D eigenvalue weighted by Gasteiger charge is 2.44. The molecule has 7 heteroatoms. The number of nitrogen functional groups attached to an aromatic ring is 1. The van der Waals surface area contributed by atoms with Crippen molar-refractivity contribution in [2.75, 3.05) is 18.8 Å². The molecule has 1 atom stereocenters. The highest BCUT2D eigenvalue weighted by atomic mass is 19.1. The molecule has 2 N–H and O–H groups in total. The molecular weight excluding hydrogens is 309 g/mol. The number of nitrogens with two attached hydrogens (primary N) is 1. The standard InChI is InChI=1S/C17H18FN5O/c18-13-6-12(7-20-9-13)15(24)23-5-1-3-17(10-23)4-2-11-8-21-16(19)22-14(11)17/h6-9H,1-5,10H2,(H2,19,21,22). The molecule has 2 aromatic heterocycles. The fraction of sp³-hybridized carbons (Fsp3) is 0.412. The number of rotatable bonds is 1. The molecule has 0 radical (unpaired) electrons. The number of aryl methyl sites for hydroxylation is 1. The Bertz CT molecular complexity index is 807. The van der Waals surface area contributed by atoms with Gasteiger partial charge in [-0.1, -0.05) is 0 Å². The van der Waals surface area contributed by atoms with Crippen molar-refractivity contribution in [2.45, 2.75) is 31.1 Å². The van der Waals surface area contributed by atoms with Crippen LogP contribution >= 0.6 is 0 Å². The van der Waals surface area contributed by atoms with Gasteiger partial charge in [0.15, 0.2) is 0 Å². The Morgan fingerprint density at radius 1 is 1.29 bits per heavy atom. The predicted molar refractivity (Wildman–Crippen MR) is 85.8 cm³/mol. The maximum Gasteiger partial charge on any atom is 0.255 e. The predicted octanol–water partition coefficient (Wildman–Crippen LogP) is 1.71. The molecule has 1 aliphatic carbocycles. The van der Waals surface area contributed by atoms with E-state index in [1.54, 1.807) is 11.1 Å². The maximum absolute atomic E-state index is 13.4. The lowest BCUT2D eigenvalue weighted by molar-refractivity contribution is 0.0632. The summed E-state index contributed by atoms with van der Waals surface area (Å²) in [5.74, 6) is -0.413. The maximum atomic E-state index is 13.4. The van der Waals surface area contributed by atoms with Crippen LogP contribution in [-0.4, -0.2) is 38.8 Å². The number of aromatic nitrogens is 3. The number of likely N-dealkylation sites (tertiary alicyclic amines) is 1. The van der Waals surface area contributed by atoms with E-state index in [9.17, 15) is 9.18 Å². The second-order valence-corrected chi connectivity index (χ2v) is 6.60. The van der Waals surface area contributed by atoms with Crippen LogP contribution in [0.15, 0.2) is 24.7 Å². The summed E-state index contributed by atoms with van der Waals surface area (Å²) < 4.78 is 13.4. The molecule has 2 aromatic rings. The molecule has 1 amide bonds.